The molecule has 1 aliphatic heterocycles. The zero-order chi connectivity index (χ0) is 14.6. The van der Waals surface area contributed by atoms with Gasteiger partial charge >= 0.3 is 0 Å². The quantitative estimate of drug-likeness (QED) is 0.844. The molecule has 1 heterocycles. The first-order valence-corrected chi connectivity index (χ1v) is 7.69. The van der Waals surface area contributed by atoms with Crippen molar-refractivity contribution in [3.63, 3.8) is 0 Å². The van der Waals surface area contributed by atoms with Crippen LogP contribution in [-0.2, 0) is 11.2 Å². The molecule has 2 rings (SSSR count). The van der Waals surface area contributed by atoms with E-state index in [0.29, 0.717) is 11.0 Å². The van der Waals surface area contributed by atoms with Crippen LogP contribution in [0.3, 0.4) is 0 Å². The van der Waals surface area contributed by atoms with E-state index in [4.69, 9.17) is 0 Å². The van der Waals surface area contributed by atoms with E-state index in [0.717, 1.165) is 31.5 Å². The van der Waals surface area contributed by atoms with Crippen LogP contribution in [0, 0.1) is 11.2 Å². The summed E-state index contributed by atoms with van der Waals surface area (Å²) in [6.07, 6.45) is 2.44. The van der Waals surface area contributed by atoms with E-state index < -0.39 is 0 Å². The molecule has 0 radical (unpaired) electrons. The number of rotatable bonds is 4. The summed E-state index contributed by atoms with van der Waals surface area (Å²) >= 11 is 3.13. The SMILES string of the molecule is CC1(CNC(=O)Cc2ccc(F)c(Br)c2)CCNCC1.Cl. The number of hydrogen-bond acceptors (Lipinski definition) is 2. The largest absolute Gasteiger partial charge is 0.355 e. The first-order chi connectivity index (χ1) is 9.48. The van der Waals surface area contributed by atoms with E-state index in [1.54, 1.807) is 12.1 Å². The number of carbonyl (C=O) groups excluding carboxylic acids is 1. The Morgan fingerprint density at radius 2 is 2.10 bits per heavy atom. The third-order valence-electron chi connectivity index (χ3n) is 3.87. The Morgan fingerprint density at radius 3 is 2.71 bits per heavy atom. The van der Waals surface area contributed by atoms with Crippen molar-refractivity contribution >= 4 is 34.2 Å². The van der Waals surface area contributed by atoms with Crippen LogP contribution < -0.4 is 10.6 Å². The maximum Gasteiger partial charge on any atom is 0.224 e. The van der Waals surface area contributed by atoms with Crippen molar-refractivity contribution in [3.8, 4) is 0 Å². The van der Waals surface area contributed by atoms with Crippen molar-refractivity contribution in [2.75, 3.05) is 19.6 Å². The molecule has 0 atom stereocenters. The molecule has 2 N–H and O–H groups in total. The number of piperidine rings is 1. The highest BCUT2D eigenvalue weighted by Gasteiger charge is 2.26. The standard InChI is InChI=1S/C15H20BrFN2O.ClH/c1-15(4-6-18-7-5-15)10-19-14(20)9-11-2-3-13(17)12(16)8-11;/h2-3,8,18H,4-7,9-10H2,1H3,(H,19,20);1H. The van der Waals surface area contributed by atoms with Crippen LogP contribution in [0.5, 0.6) is 0 Å². The van der Waals surface area contributed by atoms with Gasteiger partial charge in [0.15, 0.2) is 0 Å². The summed E-state index contributed by atoms with van der Waals surface area (Å²) in [5.41, 5.74) is 0.996. The molecule has 1 aromatic rings. The minimum absolute atomic E-state index is 0. The predicted molar refractivity (Wildman–Crippen MR) is 88.3 cm³/mol. The third kappa shape index (κ3) is 5.57. The Bertz CT molecular complexity index is 493. The zero-order valence-electron chi connectivity index (χ0n) is 12.0. The van der Waals surface area contributed by atoms with Crippen LogP contribution in [0.15, 0.2) is 22.7 Å². The summed E-state index contributed by atoms with van der Waals surface area (Å²) in [5.74, 6) is -0.320. The number of halogens is 3. The lowest BCUT2D eigenvalue weighted by atomic mass is 9.81. The molecule has 1 saturated heterocycles. The molecule has 0 aliphatic carbocycles. The summed E-state index contributed by atoms with van der Waals surface area (Å²) in [5, 5.41) is 6.33. The summed E-state index contributed by atoms with van der Waals surface area (Å²) in [6, 6.07) is 4.67. The first-order valence-electron chi connectivity index (χ1n) is 6.90. The van der Waals surface area contributed by atoms with Crippen LogP contribution in [-0.4, -0.2) is 25.5 Å². The van der Waals surface area contributed by atoms with Crippen molar-refractivity contribution in [2.45, 2.75) is 26.2 Å². The van der Waals surface area contributed by atoms with Gasteiger partial charge in [0.05, 0.1) is 10.9 Å². The lowest BCUT2D eigenvalue weighted by molar-refractivity contribution is -0.121. The smallest absolute Gasteiger partial charge is 0.224 e. The van der Waals surface area contributed by atoms with Crippen molar-refractivity contribution in [3.05, 3.63) is 34.1 Å². The van der Waals surface area contributed by atoms with Gasteiger partial charge in [-0.25, -0.2) is 4.39 Å². The summed E-state index contributed by atoms with van der Waals surface area (Å²) in [4.78, 5) is 12.0. The van der Waals surface area contributed by atoms with Crippen LogP contribution >= 0.6 is 28.3 Å². The normalized spacial score (nSPS) is 16.9. The number of amides is 1. The van der Waals surface area contributed by atoms with Gasteiger partial charge in [-0.3, -0.25) is 4.79 Å². The van der Waals surface area contributed by atoms with E-state index in [1.807, 2.05) is 0 Å². The summed E-state index contributed by atoms with van der Waals surface area (Å²) < 4.78 is 13.5. The summed E-state index contributed by atoms with van der Waals surface area (Å²) in [7, 11) is 0. The molecule has 0 saturated carbocycles. The molecule has 21 heavy (non-hydrogen) atoms. The third-order valence-corrected chi connectivity index (χ3v) is 4.48. The minimum atomic E-state index is -0.309. The average Bonchev–Trinajstić information content (AvgIpc) is 2.42. The predicted octanol–water partition coefficient (Wildman–Crippen LogP) is 3.06. The number of carbonyl (C=O) groups is 1. The molecular weight excluding hydrogens is 359 g/mol. The highest BCUT2D eigenvalue weighted by molar-refractivity contribution is 9.10. The second-order valence-electron chi connectivity index (χ2n) is 5.76. The number of benzene rings is 1. The van der Waals surface area contributed by atoms with Crippen LogP contribution in [0.25, 0.3) is 0 Å². The van der Waals surface area contributed by atoms with Gasteiger partial charge in [-0.15, -0.1) is 12.4 Å². The summed E-state index contributed by atoms with van der Waals surface area (Å²) in [6.45, 7) is 4.94. The van der Waals surface area contributed by atoms with Gasteiger partial charge in [-0.2, -0.15) is 0 Å². The van der Waals surface area contributed by atoms with Gasteiger partial charge in [0.25, 0.3) is 0 Å². The van der Waals surface area contributed by atoms with Crippen LogP contribution in [0.4, 0.5) is 4.39 Å². The topological polar surface area (TPSA) is 41.1 Å². The van der Waals surface area contributed by atoms with Gasteiger partial charge < -0.3 is 10.6 Å². The maximum atomic E-state index is 13.1. The van der Waals surface area contributed by atoms with Gasteiger partial charge in [0.1, 0.15) is 5.82 Å². The highest BCUT2D eigenvalue weighted by atomic mass is 79.9. The monoisotopic (exact) mass is 378 g/mol. The number of hydrogen-bond donors (Lipinski definition) is 2. The molecule has 0 spiro atoms. The van der Waals surface area contributed by atoms with Crippen LogP contribution in [0.2, 0.25) is 0 Å². The fourth-order valence-corrected chi connectivity index (χ4v) is 2.84. The molecule has 1 fully saturated rings. The molecular formula is C15H21BrClFN2O. The molecule has 1 aliphatic rings. The van der Waals surface area contributed by atoms with Crippen molar-refractivity contribution in [1.82, 2.24) is 10.6 Å². The zero-order valence-corrected chi connectivity index (χ0v) is 14.4. The Balaban J connectivity index is 0.00000220. The highest BCUT2D eigenvalue weighted by Crippen LogP contribution is 2.26. The van der Waals surface area contributed by atoms with Crippen LogP contribution in [0.1, 0.15) is 25.3 Å². The molecule has 3 nitrogen and oxygen atoms in total. The second kappa shape index (κ2) is 8.11. The molecule has 0 aromatic heterocycles. The number of nitrogens with one attached hydrogen (secondary N) is 2. The molecule has 1 amide bonds. The van der Waals surface area contributed by atoms with Crippen molar-refractivity contribution < 1.29 is 9.18 Å². The van der Waals surface area contributed by atoms with Gasteiger partial charge in [0.2, 0.25) is 5.91 Å². The van der Waals surface area contributed by atoms with Gasteiger partial charge in [-0.05, 0) is 65.0 Å². The molecule has 1 aromatic carbocycles. The molecule has 118 valence electrons. The minimum Gasteiger partial charge on any atom is -0.355 e. The fraction of sp³-hybridized carbons (Fsp3) is 0.533. The Labute approximate surface area is 139 Å². The Hall–Kier alpha value is -0.650. The average molecular weight is 380 g/mol. The van der Waals surface area contributed by atoms with E-state index in [9.17, 15) is 9.18 Å². The van der Waals surface area contributed by atoms with E-state index in [-0.39, 0.29) is 36.0 Å². The Morgan fingerprint density at radius 1 is 1.43 bits per heavy atom. The van der Waals surface area contributed by atoms with Gasteiger partial charge in [0, 0.05) is 6.54 Å². The second-order valence-corrected chi connectivity index (χ2v) is 6.62. The Kier molecular flexibility index (Phi) is 7.10. The van der Waals surface area contributed by atoms with Crippen molar-refractivity contribution in [1.29, 1.82) is 0 Å². The van der Waals surface area contributed by atoms with E-state index in [2.05, 4.69) is 33.5 Å². The maximum absolute atomic E-state index is 13.1. The van der Waals surface area contributed by atoms with E-state index >= 15 is 0 Å². The van der Waals surface area contributed by atoms with Gasteiger partial charge in [-0.1, -0.05) is 13.0 Å². The van der Waals surface area contributed by atoms with Crippen molar-refractivity contribution in [2.24, 2.45) is 5.41 Å². The molecule has 0 bridgehead atoms. The molecule has 6 heteroatoms. The van der Waals surface area contributed by atoms with E-state index in [1.165, 1.54) is 6.07 Å². The molecule has 0 unspecified atom stereocenters. The lowest BCUT2D eigenvalue weighted by Gasteiger charge is -2.34. The lowest BCUT2D eigenvalue weighted by Crippen LogP contribution is -2.43. The first kappa shape index (κ1) is 18.4. The fourth-order valence-electron chi connectivity index (χ4n) is 2.42.